The summed E-state index contributed by atoms with van der Waals surface area (Å²) in [6.07, 6.45) is 0.156. The van der Waals surface area contributed by atoms with Gasteiger partial charge in [-0.05, 0) is 31.4 Å². The summed E-state index contributed by atoms with van der Waals surface area (Å²) in [5.41, 5.74) is 7.66. The van der Waals surface area contributed by atoms with Crippen LogP contribution in [0.3, 0.4) is 0 Å². The van der Waals surface area contributed by atoms with E-state index >= 15 is 0 Å². The van der Waals surface area contributed by atoms with E-state index in [-0.39, 0.29) is 12.5 Å². The second kappa shape index (κ2) is 6.40. The number of hydrogen-bond acceptors (Lipinski definition) is 3. The largest absolute Gasteiger partial charge is 0.398 e. The summed E-state index contributed by atoms with van der Waals surface area (Å²) in [6, 6.07) is 5.33. The van der Waals surface area contributed by atoms with Crippen molar-refractivity contribution < 1.29 is 9.90 Å². The minimum atomic E-state index is -0.514. The molecule has 0 heterocycles. The van der Waals surface area contributed by atoms with Crippen molar-refractivity contribution in [1.82, 2.24) is 5.32 Å². The normalized spacial score (nSPS) is 12.5. The summed E-state index contributed by atoms with van der Waals surface area (Å²) in [7, 11) is 0. The maximum absolute atomic E-state index is 11.9. The Morgan fingerprint density at radius 1 is 1.44 bits per heavy atom. The van der Waals surface area contributed by atoms with Crippen LogP contribution in [0.4, 0.5) is 5.69 Å². The number of benzene rings is 1. The topological polar surface area (TPSA) is 75.4 Å². The highest BCUT2D eigenvalue weighted by atomic mass is 16.3. The van der Waals surface area contributed by atoms with Crippen LogP contribution in [0.1, 0.15) is 36.2 Å². The van der Waals surface area contributed by atoms with Crippen molar-refractivity contribution in [3.8, 4) is 0 Å². The van der Waals surface area contributed by atoms with Crippen LogP contribution >= 0.6 is 0 Å². The van der Waals surface area contributed by atoms with Gasteiger partial charge in [-0.25, -0.2) is 0 Å². The third-order valence-corrected chi connectivity index (χ3v) is 2.70. The van der Waals surface area contributed by atoms with Gasteiger partial charge in [0.2, 0.25) is 0 Å². The molecule has 1 amide bonds. The molecule has 0 spiro atoms. The number of hydrogen-bond donors (Lipinski definition) is 3. The quantitative estimate of drug-likeness (QED) is 0.696. The maximum Gasteiger partial charge on any atom is 0.253 e. The summed E-state index contributed by atoms with van der Waals surface area (Å²) in [5, 5.41) is 12.4. The third-order valence-electron chi connectivity index (χ3n) is 2.70. The molecule has 0 aliphatic rings. The predicted molar refractivity (Wildman–Crippen MR) is 73.4 cm³/mol. The summed E-state index contributed by atoms with van der Waals surface area (Å²) in [6.45, 7) is 6.22. The van der Waals surface area contributed by atoms with Gasteiger partial charge in [-0.15, -0.1) is 0 Å². The average molecular weight is 250 g/mol. The first-order valence-corrected chi connectivity index (χ1v) is 6.22. The second-order valence-electron chi connectivity index (χ2n) is 5.08. The van der Waals surface area contributed by atoms with Gasteiger partial charge < -0.3 is 16.2 Å². The Morgan fingerprint density at radius 3 is 2.72 bits per heavy atom. The highest BCUT2D eigenvalue weighted by Gasteiger charge is 2.12. The van der Waals surface area contributed by atoms with Gasteiger partial charge in [0.25, 0.3) is 5.91 Å². The molecule has 4 heteroatoms. The van der Waals surface area contributed by atoms with E-state index in [1.165, 1.54) is 0 Å². The van der Waals surface area contributed by atoms with Crippen molar-refractivity contribution in [2.24, 2.45) is 5.92 Å². The number of anilines is 1. The number of nitrogens with one attached hydrogen (secondary N) is 1. The zero-order chi connectivity index (χ0) is 13.7. The molecule has 4 nitrogen and oxygen atoms in total. The fourth-order valence-corrected chi connectivity index (χ4v) is 1.80. The van der Waals surface area contributed by atoms with Crippen LogP contribution in [-0.2, 0) is 0 Å². The Labute approximate surface area is 108 Å². The molecular formula is C14H22N2O2. The molecule has 0 aliphatic carbocycles. The molecule has 1 aromatic carbocycles. The molecule has 1 aromatic rings. The van der Waals surface area contributed by atoms with Crippen molar-refractivity contribution in [3.63, 3.8) is 0 Å². The van der Waals surface area contributed by atoms with E-state index in [9.17, 15) is 9.90 Å². The lowest BCUT2D eigenvalue weighted by Gasteiger charge is -2.14. The van der Waals surface area contributed by atoms with Crippen molar-refractivity contribution >= 4 is 11.6 Å². The van der Waals surface area contributed by atoms with E-state index in [1.54, 1.807) is 12.1 Å². The van der Waals surface area contributed by atoms with E-state index < -0.39 is 6.10 Å². The maximum atomic E-state index is 11.9. The van der Waals surface area contributed by atoms with Crippen LogP contribution in [0.2, 0.25) is 0 Å². The van der Waals surface area contributed by atoms with Gasteiger partial charge in [-0.2, -0.15) is 0 Å². The molecule has 0 aromatic heterocycles. The highest BCUT2D eigenvalue weighted by molar-refractivity contribution is 5.99. The SMILES string of the molecule is Cc1ccc(N)c(C(=O)NCC(O)CC(C)C)c1. The average Bonchev–Trinajstić information content (AvgIpc) is 2.28. The lowest BCUT2D eigenvalue weighted by molar-refractivity contribution is 0.0901. The number of aliphatic hydroxyl groups excluding tert-OH is 1. The number of carbonyl (C=O) groups is 1. The molecule has 0 bridgehead atoms. The van der Waals surface area contributed by atoms with E-state index in [0.29, 0.717) is 23.6 Å². The standard InChI is InChI=1S/C14H22N2O2/c1-9(2)6-11(17)8-16-14(18)12-7-10(3)4-5-13(12)15/h4-5,7,9,11,17H,6,8,15H2,1-3H3,(H,16,18). The number of carbonyl (C=O) groups excluding carboxylic acids is 1. The molecule has 4 N–H and O–H groups in total. The first-order chi connectivity index (χ1) is 8.40. The van der Waals surface area contributed by atoms with E-state index in [1.807, 2.05) is 26.8 Å². The molecule has 1 atom stereocenters. The number of aryl methyl sites for hydroxylation is 1. The van der Waals surface area contributed by atoms with E-state index in [2.05, 4.69) is 5.32 Å². The fourth-order valence-electron chi connectivity index (χ4n) is 1.80. The van der Waals surface area contributed by atoms with E-state index in [4.69, 9.17) is 5.73 Å². The second-order valence-corrected chi connectivity index (χ2v) is 5.08. The van der Waals surface area contributed by atoms with Crippen molar-refractivity contribution in [2.45, 2.75) is 33.3 Å². The van der Waals surface area contributed by atoms with Crippen LogP contribution in [0.25, 0.3) is 0 Å². The monoisotopic (exact) mass is 250 g/mol. The Kier molecular flexibility index (Phi) is 5.16. The number of nitrogen functional groups attached to an aromatic ring is 1. The fraction of sp³-hybridized carbons (Fsp3) is 0.500. The van der Waals surface area contributed by atoms with Gasteiger partial charge >= 0.3 is 0 Å². The lowest BCUT2D eigenvalue weighted by Crippen LogP contribution is -2.33. The van der Waals surface area contributed by atoms with Gasteiger partial charge in [0.1, 0.15) is 0 Å². The van der Waals surface area contributed by atoms with Crippen molar-refractivity contribution in [3.05, 3.63) is 29.3 Å². The van der Waals surface area contributed by atoms with Crippen LogP contribution in [0.5, 0.6) is 0 Å². The minimum Gasteiger partial charge on any atom is -0.398 e. The minimum absolute atomic E-state index is 0.237. The van der Waals surface area contributed by atoms with E-state index in [0.717, 1.165) is 5.56 Å². The first kappa shape index (κ1) is 14.5. The number of nitrogens with two attached hydrogens (primary N) is 1. The zero-order valence-corrected chi connectivity index (χ0v) is 11.2. The Hall–Kier alpha value is -1.55. The summed E-state index contributed by atoms with van der Waals surface area (Å²) in [4.78, 5) is 11.9. The third kappa shape index (κ3) is 4.37. The highest BCUT2D eigenvalue weighted by Crippen LogP contribution is 2.13. The molecule has 0 saturated carbocycles. The first-order valence-electron chi connectivity index (χ1n) is 6.22. The van der Waals surface area contributed by atoms with Crippen molar-refractivity contribution in [1.29, 1.82) is 0 Å². The van der Waals surface area contributed by atoms with Gasteiger partial charge in [0, 0.05) is 12.2 Å². The van der Waals surface area contributed by atoms with Crippen LogP contribution in [-0.4, -0.2) is 23.7 Å². The van der Waals surface area contributed by atoms with Gasteiger partial charge in [-0.3, -0.25) is 4.79 Å². The van der Waals surface area contributed by atoms with Crippen LogP contribution in [0, 0.1) is 12.8 Å². The Bertz CT molecular complexity index is 416. The number of rotatable bonds is 5. The molecule has 0 saturated heterocycles. The van der Waals surface area contributed by atoms with Gasteiger partial charge in [0.15, 0.2) is 0 Å². The van der Waals surface area contributed by atoms with Gasteiger partial charge in [0.05, 0.1) is 11.7 Å². The Balaban J connectivity index is 2.58. The molecular weight excluding hydrogens is 228 g/mol. The van der Waals surface area contributed by atoms with Crippen LogP contribution < -0.4 is 11.1 Å². The molecule has 0 radical (unpaired) electrons. The molecule has 1 rings (SSSR count). The summed E-state index contributed by atoms with van der Waals surface area (Å²) in [5.74, 6) is 0.167. The summed E-state index contributed by atoms with van der Waals surface area (Å²) < 4.78 is 0. The predicted octanol–water partition coefficient (Wildman–Crippen LogP) is 1.71. The lowest BCUT2D eigenvalue weighted by atomic mass is 10.1. The molecule has 0 aliphatic heterocycles. The number of aliphatic hydroxyl groups is 1. The molecule has 1 unspecified atom stereocenters. The van der Waals surface area contributed by atoms with Crippen molar-refractivity contribution in [2.75, 3.05) is 12.3 Å². The smallest absolute Gasteiger partial charge is 0.253 e. The van der Waals surface area contributed by atoms with Crippen LogP contribution in [0.15, 0.2) is 18.2 Å². The molecule has 18 heavy (non-hydrogen) atoms. The summed E-state index contributed by atoms with van der Waals surface area (Å²) >= 11 is 0. The zero-order valence-electron chi connectivity index (χ0n) is 11.2. The Morgan fingerprint density at radius 2 is 2.11 bits per heavy atom. The molecule has 0 fully saturated rings. The molecule has 100 valence electrons. The number of amides is 1. The van der Waals surface area contributed by atoms with Gasteiger partial charge in [-0.1, -0.05) is 25.5 Å².